The average Bonchev–Trinajstić information content (AvgIpc) is 2.37. The summed E-state index contributed by atoms with van der Waals surface area (Å²) in [7, 11) is 0. The lowest BCUT2D eigenvalue weighted by Gasteiger charge is -2.38. The maximum absolute atomic E-state index is 12.7. The summed E-state index contributed by atoms with van der Waals surface area (Å²) in [6, 6.07) is 0. The third-order valence-corrected chi connectivity index (χ3v) is 4.98. The molecule has 2 fully saturated rings. The minimum atomic E-state index is -0.292. The van der Waals surface area contributed by atoms with Gasteiger partial charge >= 0.3 is 0 Å². The van der Waals surface area contributed by atoms with E-state index in [0.29, 0.717) is 17.7 Å². The molecule has 1 heterocycles. The first-order valence-corrected chi connectivity index (χ1v) is 7.94. The molecule has 1 aliphatic carbocycles. The van der Waals surface area contributed by atoms with Gasteiger partial charge in [-0.1, -0.05) is 13.8 Å². The third-order valence-electron chi connectivity index (χ3n) is 4.98. The number of carbonyl (C=O) groups is 1. The van der Waals surface area contributed by atoms with Crippen LogP contribution in [0.4, 0.5) is 0 Å². The van der Waals surface area contributed by atoms with E-state index in [2.05, 4.69) is 13.8 Å². The molecule has 1 N–H and O–H groups in total. The standard InChI is InChI=1S/C16H29NO2/c1-11-7-12(2)9-15(8-11)16(19)17-6-4-5-14(10-17)13(3)18/h11-15,18H,4-10H2,1-3H3. The average molecular weight is 267 g/mol. The van der Waals surface area contributed by atoms with Crippen LogP contribution in [0.15, 0.2) is 0 Å². The number of aliphatic hydroxyl groups excluding tert-OH is 1. The van der Waals surface area contributed by atoms with Crippen molar-refractivity contribution in [3.8, 4) is 0 Å². The molecule has 0 aromatic heterocycles. The number of rotatable bonds is 2. The van der Waals surface area contributed by atoms with Crippen LogP contribution < -0.4 is 0 Å². The zero-order valence-electron chi connectivity index (χ0n) is 12.6. The van der Waals surface area contributed by atoms with Crippen molar-refractivity contribution in [1.82, 2.24) is 4.90 Å². The minimum absolute atomic E-state index is 0.228. The fourth-order valence-electron chi connectivity index (χ4n) is 4.01. The number of aliphatic hydroxyl groups is 1. The molecule has 1 amide bonds. The molecular weight excluding hydrogens is 238 g/mol. The number of hydrogen-bond acceptors (Lipinski definition) is 2. The van der Waals surface area contributed by atoms with Gasteiger partial charge in [0.1, 0.15) is 0 Å². The van der Waals surface area contributed by atoms with E-state index in [1.165, 1.54) is 6.42 Å². The maximum atomic E-state index is 12.7. The number of hydrogen-bond donors (Lipinski definition) is 1. The van der Waals surface area contributed by atoms with Gasteiger partial charge in [0, 0.05) is 24.9 Å². The van der Waals surface area contributed by atoms with Crippen LogP contribution in [0.1, 0.15) is 52.9 Å². The molecule has 2 rings (SSSR count). The first kappa shape index (κ1) is 14.8. The van der Waals surface area contributed by atoms with Crippen molar-refractivity contribution < 1.29 is 9.90 Å². The van der Waals surface area contributed by atoms with Gasteiger partial charge in [-0.15, -0.1) is 0 Å². The van der Waals surface area contributed by atoms with Gasteiger partial charge in [0.05, 0.1) is 6.10 Å². The fraction of sp³-hybridized carbons (Fsp3) is 0.938. The predicted molar refractivity (Wildman–Crippen MR) is 76.7 cm³/mol. The van der Waals surface area contributed by atoms with Gasteiger partial charge in [0.25, 0.3) is 0 Å². The van der Waals surface area contributed by atoms with E-state index in [1.54, 1.807) is 0 Å². The molecule has 1 saturated carbocycles. The summed E-state index contributed by atoms with van der Waals surface area (Å²) >= 11 is 0. The number of carbonyl (C=O) groups excluding carboxylic acids is 1. The van der Waals surface area contributed by atoms with Gasteiger partial charge in [0.15, 0.2) is 0 Å². The van der Waals surface area contributed by atoms with Crippen molar-refractivity contribution in [3.63, 3.8) is 0 Å². The Morgan fingerprint density at radius 3 is 2.42 bits per heavy atom. The molecule has 0 spiro atoms. The minimum Gasteiger partial charge on any atom is -0.393 e. The van der Waals surface area contributed by atoms with Gasteiger partial charge in [-0.3, -0.25) is 4.79 Å². The smallest absolute Gasteiger partial charge is 0.225 e. The summed E-state index contributed by atoms with van der Waals surface area (Å²) in [4.78, 5) is 14.7. The van der Waals surface area contributed by atoms with Crippen molar-refractivity contribution in [2.24, 2.45) is 23.7 Å². The van der Waals surface area contributed by atoms with E-state index in [-0.39, 0.29) is 17.9 Å². The molecule has 0 bridgehead atoms. The molecule has 3 heteroatoms. The molecule has 19 heavy (non-hydrogen) atoms. The molecule has 1 saturated heterocycles. The van der Waals surface area contributed by atoms with Crippen LogP contribution in [-0.2, 0) is 4.79 Å². The second-order valence-corrected chi connectivity index (χ2v) is 7.04. The van der Waals surface area contributed by atoms with Crippen molar-refractivity contribution in [2.45, 2.75) is 59.0 Å². The van der Waals surface area contributed by atoms with Crippen molar-refractivity contribution in [2.75, 3.05) is 13.1 Å². The second kappa shape index (κ2) is 6.25. The molecule has 0 radical (unpaired) electrons. The van der Waals surface area contributed by atoms with E-state index in [4.69, 9.17) is 0 Å². The largest absolute Gasteiger partial charge is 0.393 e. The van der Waals surface area contributed by atoms with Crippen LogP contribution in [0.25, 0.3) is 0 Å². The first-order valence-electron chi connectivity index (χ1n) is 7.94. The van der Waals surface area contributed by atoms with Crippen LogP contribution in [0.3, 0.4) is 0 Å². The van der Waals surface area contributed by atoms with E-state index < -0.39 is 0 Å². The summed E-state index contributed by atoms with van der Waals surface area (Å²) in [6.45, 7) is 8.04. The Morgan fingerprint density at radius 2 is 1.84 bits per heavy atom. The van der Waals surface area contributed by atoms with E-state index in [9.17, 15) is 9.90 Å². The Bertz CT molecular complexity index is 306. The Morgan fingerprint density at radius 1 is 1.21 bits per heavy atom. The Balaban J connectivity index is 1.95. The molecule has 4 unspecified atom stereocenters. The quantitative estimate of drug-likeness (QED) is 0.835. The van der Waals surface area contributed by atoms with Crippen LogP contribution in [0, 0.1) is 23.7 Å². The highest BCUT2D eigenvalue weighted by Gasteiger charge is 2.34. The lowest BCUT2D eigenvalue weighted by molar-refractivity contribution is -0.140. The topological polar surface area (TPSA) is 40.5 Å². The highest BCUT2D eigenvalue weighted by atomic mass is 16.3. The highest BCUT2D eigenvalue weighted by Crippen LogP contribution is 2.34. The summed E-state index contributed by atoms with van der Waals surface area (Å²) in [5, 5.41) is 9.73. The fourth-order valence-corrected chi connectivity index (χ4v) is 4.01. The SMILES string of the molecule is CC1CC(C)CC(C(=O)N2CCCC(C(C)O)C2)C1. The second-order valence-electron chi connectivity index (χ2n) is 7.04. The van der Waals surface area contributed by atoms with Crippen LogP contribution >= 0.6 is 0 Å². The van der Waals surface area contributed by atoms with Crippen molar-refractivity contribution in [1.29, 1.82) is 0 Å². The Kier molecular flexibility index (Phi) is 4.88. The van der Waals surface area contributed by atoms with Gasteiger partial charge < -0.3 is 10.0 Å². The number of piperidine rings is 1. The lowest BCUT2D eigenvalue weighted by atomic mass is 9.76. The normalized spacial score (nSPS) is 38.0. The van der Waals surface area contributed by atoms with E-state index in [1.807, 2.05) is 11.8 Å². The van der Waals surface area contributed by atoms with Crippen molar-refractivity contribution >= 4 is 5.91 Å². The summed E-state index contributed by atoms with van der Waals surface area (Å²) in [6.07, 6.45) is 5.18. The van der Waals surface area contributed by atoms with Crippen LogP contribution in [0.2, 0.25) is 0 Å². The van der Waals surface area contributed by atoms with Crippen LogP contribution in [0.5, 0.6) is 0 Å². The Labute approximate surface area is 117 Å². The Hall–Kier alpha value is -0.570. The molecular formula is C16H29NO2. The van der Waals surface area contributed by atoms with Crippen molar-refractivity contribution in [3.05, 3.63) is 0 Å². The molecule has 3 nitrogen and oxygen atoms in total. The van der Waals surface area contributed by atoms with Gasteiger partial charge in [-0.25, -0.2) is 0 Å². The monoisotopic (exact) mass is 267 g/mol. The predicted octanol–water partition coefficient (Wildman–Crippen LogP) is 2.68. The number of amides is 1. The first-order chi connectivity index (χ1) is 8.97. The van der Waals surface area contributed by atoms with E-state index >= 15 is 0 Å². The molecule has 2 aliphatic rings. The molecule has 4 atom stereocenters. The summed E-state index contributed by atoms with van der Waals surface area (Å²) in [5.74, 6) is 2.21. The highest BCUT2D eigenvalue weighted by molar-refractivity contribution is 5.79. The summed E-state index contributed by atoms with van der Waals surface area (Å²) < 4.78 is 0. The molecule has 0 aromatic rings. The zero-order chi connectivity index (χ0) is 14.0. The lowest BCUT2D eigenvalue weighted by Crippen LogP contribution is -2.46. The van der Waals surface area contributed by atoms with Gasteiger partial charge in [-0.05, 0) is 50.9 Å². The number of likely N-dealkylation sites (tertiary alicyclic amines) is 1. The van der Waals surface area contributed by atoms with Crippen LogP contribution in [-0.4, -0.2) is 35.1 Å². The third kappa shape index (κ3) is 3.71. The summed E-state index contributed by atoms with van der Waals surface area (Å²) in [5.41, 5.74) is 0. The van der Waals surface area contributed by atoms with Gasteiger partial charge in [0.2, 0.25) is 5.91 Å². The molecule has 1 aliphatic heterocycles. The number of nitrogens with zero attached hydrogens (tertiary/aromatic N) is 1. The molecule has 110 valence electrons. The zero-order valence-corrected chi connectivity index (χ0v) is 12.6. The molecule has 0 aromatic carbocycles. The maximum Gasteiger partial charge on any atom is 0.225 e. The van der Waals surface area contributed by atoms with E-state index in [0.717, 1.165) is 38.8 Å². The van der Waals surface area contributed by atoms with Gasteiger partial charge in [-0.2, -0.15) is 0 Å².